The quantitative estimate of drug-likeness (QED) is 0.141. The predicted octanol–water partition coefficient (Wildman–Crippen LogP) is 5.62. The zero-order valence-corrected chi connectivity index (χ0v) is 20.7. The summed E-state index contributed by atoms with van der Waals surface area (Å²) in [5.74, 6) is 1.33. The van der Waals surface area contributed by atoms with Crippen molar-refractivity contribution in [3.8, 4) is 11.5 Å². The molecule has 0 unspecified atom stereocenters. The first-order chi connectivity index (χ1) is 15.0. The van der Waals surface area contributed by atoms with E-state index >= 15 is 0 Å². The minimum absolute atomic E-state index is 0.0703. The van der Waals surface area contributed by atoms with E-state index in [2.05, 4.69) is 60.7 Å². The molecule has 0 radical (unpaired) electrons. The highest BCUT2D eigenvalue weighted by atomic mass is 127. The van der Waals surface area contributed by atoms with E-state index in [1.165, 1.54) is 21.9 Å². The summed E-state index contributed by atoms with van der Waals surface area (Å²) in [6.07, 6.45) is 3.01. The van der Waals surface area contributed by atoms with E-state index < -0.39 is 4.92 Å². The van der Waals surface area contributed by atoms with E-state index in [-0.39, 0.29) is 11.5 Å². The highest BCUT2D eigenvalue weighted by Gasteiger charge is 2.14. The van der Waals surface area contributed by atoms with Crippen molar-refractivity contribution >= 4 is 62.9 Å². The molecule has 0 bridgehead atoms. The Bertz CT molecular complexity index is 1090. The van der Waals surface area contributed by atoms with E-state index in [0.717, 1.165) is 14.7 Å². The van der Waals surface area contributed by atoms with Crippen molar-refractivity contribution in [2.45, 2.75) is 13.5 Å². The third kappa shape index (κ3) is 6.50. The van der Waals surface area contributed by atoms with Gasteiger partial charge in [0, 0.05) is 15.8 Å². The average Bonchev–Trinajstić information content (AvgIpc) is 2.75. The Morgan fingerprint density at radius 3 is 2.68 bits per heavy atom. The average molecular weight is 644 g/mol. The molecule has 0 aliphatic rings. The summed E-state index contributed by atoms with van der Waals surface area (Å²) in [6.45, 7) is 2.80. The fourth-order valence-electron chi connectivity index (χ4n) is 2.60. The summed E-state index contributed by atoms with van der Waals surface area (Å²) in [4.78, 5) is 14.5. The smallest absolute Gasteiger partial charge is 0.313 e. The number of ether oxygens (including phenoxy) is 2. The Morgan fingerprint density at radius 2 is 1.97 bits per heavy atom. The molecule has 8 nitrogen and oxygen atoms in total. The fourth-order valence-corrected chi connectivity index (χ4v) is 3.74. The summed E-state index contributed by atoms with van der Waals surface area (Å²) >= 11 is 4.45. The molecule has 2 aromatic carbocycles. The van der Waals surface area contributed by atoms with Crippen molar-refractivity contribution < 1.29 is 14.4 Å². The van der Waals surface area contributed by atoms with Crippen molar-refractivity contribution in [2.24, 2.45) is 5.10 Å². The SMILES string of the molecule is CCOc1cc(/C=N\Nc2ncccc2[N+](=O)[O-])cc(I)c1OCc1ccc(I)cc1. The Morgan fingerprint density at radius 1 is 1.19 bits per heavy atom. The van der Waals surface area contributed by atoms with Crippen molar-refractivity contribution in [1.29, 1.82) is 0 Å². The second-order valence-corrected chi connectivity index (χ2v) is 8.58. The summed E-state index contributed by atoms with van der Waals surface area (Å²) in [5, 5.41) is 15.2. The van der Waals surface area contributed by atoms with Crippen LogP contribution in [0, 0.1) is 17.3 Å². The molecule has 0 aliphatic carbocycles. The normalized spacial score (nSPS) is 10.8. The van der Waals surface area contributed by atoms with Crippen molar-refractivity contribution in [2.75, 3.05) is 12.0 Å². The van der Waals surface area contributed by atoms with Crippen LogP contribution in [0.5, 0.6) is 11.5 Å². The molecule has 160 valence electrons. The Hall–Kier alpha value is -2.48. The van der Waals surface area contributed by atoms with Crippen LogP contribution < -0.4 is 14.9 Å². The van der Waals surface area contributed by atoms with E-state index in [0.29, 0.717) is 24.7 Å². The second-order valence-electron chi connectivity index (χ2n) is 6.18. The number of hydrazone groups is 1. The van der Waals surface area contributed by atoms with E-state index in [4.69, 9.17) is 9.47 Å². The van der Waals surface area contributed by atoms with Crippen molar-refractivity contribution in [3.63, 3.8) is 0 Å². The molecule has 1 heterocycles. The van der Waals surface area contributed by atoms with Gasteiger partial charge >= 0.3 is 5.69 Å². The lowest BCUT2D eigenvalue weighted by Crippen LogP contribution is -2.03. The number of aromatic nitrogens is 1. The zero-order valence-electron chi connectivity index (χ0n) is 16.4. The van der Waals surface area contributed by atoms with Gasteiger partial charge in [-0.15, -0.1) is 0 Å². The van der Waals surface area contributed by atoms with Crippen LogP contribution in [0.2, 0.25) is 0 Å². The molecule has 0 spiro atoms. The zero-order chi connectivity index (χ0) is 22.2. The Kier molecular flexibility index (Phi) is 8.40. The third-order valence-electron chi connectivity index (χ3n) is 4.00. The number of hydrogen-bond acceptors (Lipinski definition) is 7. The van der Waals surface area contributed by atoms with Gasteiger partial charge in [0.15, 0.2) is 11.5 Å². The number of pyridine rings is 1. The standard InChI is InChI=1S/C21H18I2N4O4/c1-2-30-19-11-15(12-25-26-21-18(27(28)29)4-3-9-24-21)10-17(23)20(19)31-13-14-5-7-16(22)8-6-14/h3-12H,2,13H2,1H3,(H,24,26)/b25-12-. The minimum Gasteiger partial charge on any atom is -0.490 e. The number of rotatable bonds is 9. The number of nitro groups is 1. The molecule has 0 saturated carbocycles. The van der Waals surface area contributed by atoms with Crippen molar-refractivity contribution in [1.82, 2.24) is 4.98 Å². The number of anilines is 1. The molecule has 3 rings (SSSR count). The molecule has 0 amide bonds. The molecule has 10 heteroatoms. The highest BCUT2D eigenvalue weighted by molar-refractivity contribution is 14.1. The summed E-state index contributed by atoms with van der Waals surface area (Å²) in [5.41, 5.74) is 4.28. The Balaban J connectivity index is 1.77. The van der Waals surface area contributed by atoms with E-state index in [1.807, 2.05) is 43.3 Å². The highest BCUT2D eigenvalue weighted by Crippen LogP contribution is 2.34. The lowest BCUT2D eigenvalue weighted by molar-refractivity contribution is -0.384. The van der Waals surface area contributed by atoms with E-state index in [9.17, 15) is 10.1 Å². The third-order valence-corrected chi connectivity index (χ3v) is 5.52. The number of benzene rings is 2. The first kappa shape index (κ1) is 23.2. The van der Waals surface area contributed by atoms with Gasteiger partial charge in [-0.25, -0.2) is 4.98 Å². The molecule has 0 aliphatic heterocycles. The van der Waals surface area contributed by atoms with Gasteiger partial charge < -0.3 is 9.47 Å². The molecule has 0 saturated heterocycles. The largest absolute Gasteiger partial charge is 0.490 e. The van der Waals surface area contributed by atoms with Gasteiger partial charge in [-0.05, 0) is 93.6 Å². The second kappa shape index (κ2) is 11.2. The molecule has 31 heavy (non-hydrogen) atoms. The number of halogens is 2. The van der Waals surface area contributed by atoms with E-state index in [1.54, 1.807) is 6.21 Å². The molecular weight excluding hydrogens is 626 g/mol. The van der Waals surface area contributed by atoms with Crippen molar-refractivity contribution in [3.05, 3.63) is 83.1 Å². The summed E-state index contributed by atoms with van der Waals surface area (Å²) in [7, 11) is 0. The summed E-state index contributed by atoms with van der Waals surface area (Å²) in [6, 6.07) is 14.7. The van der Waals surface area contributed by atoms with Crippen LogP contribution in [0.15, 0.2) is 59.8 Å². The molecular formula is C21H18I2N4O4. The van der Waals surface area contributed by atoms with Gasteiger partial charge in [-0.3, -0.25) is 15.5 Å². The van der Waals surface area contributed by atoms with Crippen LogP contribution in [0.1, 0.15) is 18.1 Å². The van der Waals surface area contributed by atoms with Crippen LogP contribution in [0.4, 0.5) is 11.5 Å². The number of nitrogens with one attached hydrogen (secondary N) is 1. The molecule has 3 aromatic rings. The molecule has 1 N–H and O–H groups in total. The lowest BCUT2D eigenvalue weighted by Gasteiger charge is -2.15. The van der Waals surface area contributed by atoms with Gasteiger partial charge in [0.05, 0.1) is 21.3 Å². The minimum atomic E-state index is -0.513. The van der Waals surface area contributed by atoms with Crippen LogP contribution in [-0.4, -0.2) is 22.7 Å². The monoisotopic (exact) mass is 644 g/mol. The van der Waals surface area contributed by atoms with Gasteiger partial charge in [0.25, 0.3) is 0 Å². The molecule has 0 fully saturated rings. The topological polar surface area (TPSA) is 98.9 Å². The van der Waals surface area contributed by atoms with Gasteiger partial charge in [0.2, 0.25) is 5.82 Å². The lowest BCUT2D eigenvalue weighted by atomic mass is 10.2. The maximum absolute atomic E-state index is 11.1. The first-order valence-corrected chi connectivity index (χ1v) is 11.4. The molecule has 1 aromatic heterocycles. The van der Waals surface area contributed by atoms with Gasteiger partial charge in [-0.2, -0.15) is 5.10 Å². The maximum Gasteiger partial charge on any atom is 0.313 e. The van der Waals surface area contributed by atoms with Crippen LogP contribution in [0.3, 0.4) is 0 Å². The molecule has 0 atom stereocenters. The van der Waals surface area contributed by atoms with Gasteiger partial charge in [-0.1, -0.05) is 12.1 Å². The Labute approximate surface area is 206 Å². The fraction of sp³-hybridized carbons (Fsp3) is 0.143. The summed E-state index contributed by atoms with van der Waals surface area (Å²) < 4.78 is 13.8. The predicted molar refractivity (Wildman–Crippen MR) is 136 cm³/mol. The van der Waals surface area contributed by atoms with Crippen LogP contribution >= 0.6 is 45.2 Å². The van der Waals surface area contributed by atoms with Crippen LogP contribution in [0.25, 0.3) is 0 Å². The number of nitrogens with zero attached hydrogens (tertiary/aromatic N) is 3. The van der Waals surface area contributed by atoms with Crippen LogP contribution in [-0.2, 0) is 6.61 Å². The van der Waals surface area contributed by atoms with Gasteiger partial charge in [0.1, 0.15) is 6.61 Å². The number of hydrogen-bond donors (Lipinski definition) is 1. The first-order valence-electron chi connectivity index (χ1n) is 9.20. The maximum atomic E-state index is 11.1.